The minimum Gasteiger partial charge on any atom is -0.342 e. The van der Waals surface area contributed by atoms with E-state index in [9.17, 15) is 8.42 Å². The van der Waals surface area contributed by atoms with E-state index in [2.05, 4.69) is 11.9 Å². The van der Waals surface area contributed by atoms with Crippen LogP contribution in [0.3, 0.4) is 0 Å². The second-order valence-electron chi connectivity index (χ2n) is 6.35. The highest BCUT2D eigenvalue weighted by molar-refractivity contribution is 7.86. The largest absolute Gasteiger partial charge is 0.342 e. The van der Waals surface area contributed by atoms with Gasteiger partial charge in [0.1, 0.15) is 5.82 Å². The van der Waals surface area contributed by atoms with E-state index in [-0.39, 0.29) is 5.41 Å². The summed E-state index contributed by atoms with van der Waals surface area (Å²) in [6, 6.07) is 7.96. The number of hydrogen-bond acceptors (Lipinski definition) is 3. The Morgan fingerprint density at radius 1 is 1.23 bits per heavy atom. The summed E-state index contributed by atoms with van der Waals surface area (Å²) >= 11 is 0. The van der Waals surface area contributed by atoms with E-state index in [0.29, 0.717) is 13.1 Å². The fraction of sp³-hybridized carbons (Fsp3) is 0.533. The molecule has 0 spiro atoms. The molecule has 0 aliphatic carbocycles. The van der Waals surface area contributed by atoms with E-state index in [0.717, 1.165) is 29.7 Å². The van der Waals surface area contributed by atoms with Crippen LogP contribution in [0, 0.1) is 0 Å². The van der Waals surface area contributed by atoms with E-state index in [1.165, 1.54) is 4.31 Å². The average molecular weight is 322 g/mol. The molecule has 7 heteroatoms. The van der Waals surface area contributed by atoms with Gasteiger partial charge in [-0.15, -0.1) is 0 Å². The Balaban J connectivity index is 1.82. The third-order valence-corrected chi connectivity index (χ3v) is 6.52. The maximum absolute atomic E-state index is 12.2. The second-order valence-corrected chi connectivity index (χ2v) is 8.49. The van der Waals surface area contributed by atoms with Gasteiger partial charge in [-0.05, 0) is 25.0 Å². The highest BCUT2D eigenvalue weighted by Crippen LogP contribution is 2.35. The van der Waals surface area contributed by atoms with Crippen LogP contribution < -0.4 is 0 Å². The molecule has 0 saturated carbocycles. The van der Waals surface area contributed by atoms with Crippen LogP contribution in [0.5, 0.6) is 0 Å². The molecule has 1 aliphatic rings. The van der Waals surface area contributed by atoms with E-state index < -0.39 is 10.2 Å². The average Bonchev–Trinajstić information content (AvgIpc) is 2.92. The van der Waals surface area contributed by atoms with Crippen LogP contribution in [0.1, 0.15) is 25.6 Å². The molecule has 6 nitrogen and oxygen atoms in total. The topological polar surface area (TPSA) is 69.3 Å². The summed E-state index contributed by atoms with van der Waals surface area (Å²) < 4.78 is 27.2. The van der Waals surface area contributed by atoms with Crippen molar-refractivity contribution in [3.8, 4) is 0 Å². The van der Waals surface area contributed by atoms with Crippen LogP contribution in [0.15, 0.2) is 24.3 Å². The van der Waals surface area contributed by atoms with Crippen LogP contribution in [-0.4, -0.2) is 54.2 Å². The zero-order valence-electron chi connectivity index (χ0n) is 13.2. The lowest BCUT2D eigenvalue weighted by atomic mass is 9.80. The molecule has 1 aromatic heterocycles. The Morgan fingerprint density at radius 2 is 1.86 bits per heavy atom. The smallest absolute Gasteiger partial charge is 0.281 e. The van der Waals surface area contributed by atoms with Gasteiger partial charge in [0.15, 0.2) is 0 Å². The van der Waals surface area contributed by atoms with Gasteiger partial charge in [-0.25, -0.2) is 4.98 Å². The van der Waals surface area contributed by atoms with Gasteiger partial charge in [0.2, 0.25) is 0 Å². The van der Waals surface area contributed by atoms with Crippen molar-refractivity contribution in [3.05, 3.63) is 30.1 Å². The number of para-hydroxylation sites is 2. The van der Waals surface area contributed by atoms with Crippen LogP contribution in [-0.2, 0) is 15.6 Å². The third-order valence-electron chi connectivity index (χ3n) is 4.57. The SMILES string of the molecule is CN(C)S(=O)(=O)N1CCC(C)(c2nc3ccccc3[nH]2)CC1. The summed E-state index contributed by atoms with van der Waals surface area (Å²) in [5, 5.41) is 0. The molecule has 22 heavy (non-hydrogen) atoms. The second kappa shape index (κ2) is 5.33. The summed E-state index contributed by atoms with van der Waals surface area (Å²) in [4.78, 5) is 8.09. The number of nitrogens with one attached hydrogen (secondary N) is 1. The summed E-state index contributed by atoms with van der Waals surface area (Å²) in [6.07, 6.45) is 1.53. The molecule has 1 fully saturated rings. The Labute approximate surface area is 131 Å². The molecule has 0 radical (unpaired) electrons. The van der Waals surface area contributed by atoms with Crippen LogP contribution in [0.2, 0.25) is 0 Å². The summed E-state index contributed by atoms with van der Waals surface area (Å²) in [6.45, 7) is 3.20. The molecule has 1 saturated heterocycles. The molecule has 3 rings (SSSR count). The Morgan fingerprint density at radius 3 is 2.45 bits per heavy atom. The summed E-state index contributed by atoms with van der Waals surface area (Å²) in [7, 11) is -0.177. The van der Waals surface area contributed by atoms with Crippen molar-refractivity contribution in [2.75, 3.05) is 27.2 Å². The molecular weight excluding hydrogens is 300 g/mol. The van der Waals surface area contributed by atoms with Gasteiger partial charge in [0.25, 0.3) is 10.2 Å². The standard InChI is InChI=1S/C15H22N4O2S/c1-15(14-16-12-6-4-5-7-13(12)17-14)8-10-19(11-9-15)22(20,21)18(2)3/h4-7H,8-11H2,1-3H3,(H,16,17). The van der Waals surface area contributed by atoms with E-state index in [1.807, 2.05) is 24.3 Å². The molecule has 0 unspecified atom stereocenters. The quantitative estimate of drug-likeness (QED) is 0.935. The number of rotatable bonds is 3. The first kappa shape index (κ1) is 15.5. The normalized spacial score (nSPS) is 19.8. The predicted molar refractivity (Wildman–Crippen MR) is 86.9 cm³/mol. The van der Waals surface area contributed by atoms with E-state index in [1.54, 1.807) is 18.4 Å². The summed E-state index contributed by atoms with van der Waals surface area (Å²) in [5.74, 6) is 0.954. The number of benzene rings is 1. The van der Waals surface area contributed by atoms with Gasteiger partial charge in [-0.2, -0.15) is 17.0 Å². The van der Waals surface area contributed by atoms with Crippen molar-refractivity contribution in [3.63, 3.8) is 0 Å². The molecule has 2 aromatic rings. The number of aromatic amines is 1. The zero-order chi connectivity index (χ0) is 16.0. The first-order chi connectivity index (χ1) is 10.3. The fourth-order valence-electron chi connectivity index (χ4n) is 2.92. The highest BCUT2D eigenvalue weighted by atomic mass is 32.2. The van der Waals surface area contributed by atoms with Crippen molar-refractivity contribution in [1.29, 1.82) is 0 Å². The maximum atomic E-state index is 12.2. The molecular formula is C15H22N4O2S. The van der Waals surface area contributed by atoms with Gasteiger partial charge in [0.05, 0.1) is 11.0 Å². The fourth-order valence-corrected chi connectivity index (χ4v) is 4.02. The highest BCUT2D eigenvalue weighted by Gasteiger charge is 2.38. The van der Waals surface area contributed by atoms with Gasteiger partial charge < -0.3 is 4.98 Å². The predicted octanol–water partition coefficient (Wildman–Crippen LogP) is 1.72. The first-order valence-electron chi connectivity index (χ1n) is 7.46. The minimum atomic E-state index is -3.32. The van der Waals surface area contributed by atoms with Gasteiger partial charge in [-0.1, -0.05) is 19.1 Å². The third kappa shape index (κ3) is 2.53. The zero-order valence-corrected chi connectivity index (χ0v) is 14.0. The van der Waals surface area contributed by atoms with Gasteiger partial charge >= 0.3 is 0 Å². The number of H-pyrrole nitrogens is 1. The van der Waals surface area contributed by atoms with Crippen LogP contribution in [0.4, 0.5) is 0 Å². The van der Waals surface area contributed by atoms with E-state index in [4.69, 9.17) is 4.98 Å². The van der Waals surface area contributed by atoms with Gasteiger partial charge in [0, 0.05) is 32.6 Å². The van der Waals surface area contributed by atoms with Crippen molar-refractivity contribution in [2.45, 2.75) is 25.2 Å². The number of fused-ring (bicyclic) bond motifs is 1. The first-order valence-corrected chi connectivity index (χ1v) is 8.85. The lowest BCUT2D eigenvalue weighted by Gasteiger charge is -2.38. The number of hydrogen-bond donors (Lipinski definition) is 1. The van der Waals surface area contributed by atoms with Crippen molar-refractivity contribution >= 4 is 21.2 Å². The number of nitrogens with zero attached hydrogens (tertiary/aromatic N) is 3. The number of aromatic nitrogens is 2. The van der Waals surface area contributed by atoms with Crippen LogP contribution in [0.25, 0.3) is 11.0 Å². The molecule has 0 atom stereocenters. The lowest BCUT2D eigenvalue weighted by molar-refractivity contribution is 0.233. The molecule has 120 valence electrons. The molecule has 0 bridgehead atoms. The monoisotopic (exact) mass is 322 g/mol. The van der Waals surface area contributed by atoms with Crippen molar-refractivity contribution < 1.29 is 8.42 Å². The Kier molecular flexibility index (Phi) is 3.74. The van der Waals surface area contributed by atoms with Crippen LogP contribution >= 0.6 is 0 Å². The molecule has 0 amide bonds. The van der Waals surface area contributed by atoms with E-state index >= 15 is 0 Å². The maximum Gasteiger partial charge on any atom is 0.281 e. The minimum absolute atomic E-state index is 0.114. The van der Waals surface area contributed by atoms with Crippen molar-refractivity contribution in [1.82, 2.24) is 18.6 Å². The number of piperidine rings is 1. The Hall–Kier alpha value is -1.44. The molecule has 1 aromatic carbocycles. The Bertz CT molecular complexity index is 741. The molecule has 1 N–H and O–H groups in total. The molecule has 2 heterocycles. The number of imidazole rings is 1. The van der Waals surface area contributed by atoms with Crippen molar-refractivity contribution in [2.24, 2.45) is 0 Å². The summed E-state index contributed by atoms with van der Waals surface area (Å²) in [5.41, 5.74) is 1.88. The van der Waals surface area contributed by atoms with Gasteiger partial charge in [-0.3, -0.25) is 0 Å². The lowest BCUT2D eigenvalue weighted by Crippen LogP contribution is -2.48. The molecule has 1 aliphatic heterocycles.